The second kappa shape index (κ2) is 9.85. The standard InChI is InChI=1S/C25H21NO3/c1-29-23-14-10-20(11-15-23)12-16-24(27)21-8-5-9-22(18-21)26-25(28)17-13-19-6-3-2-4-7-19/h2-18H,1H3,(H,26,28)/b16-12+,17-13?. The number of ketones is 1. The molecule has 29 heavy (non-hydrogen) atoms. The molecule has 1 N–H and O–H groups in total. The molecule has 0 aliphatic heterocycles. The van der Waals surface area contributed by atoms with Gasteiger partial charge in [0.1, 0.15) is 5.75 Å². The van der Waals surface area contributed by atoms with Crippen LogP contribution in [0, 0.1) is 0 Å². The molecule has 1 amide bonds. The van der Waals surface area contributed by atoms with Crippen LogP contribution in [0.5, 0.6) is 5.75 Å². The monoisotopic (exact) mass is 383 g/mol. The third-order valence-corrected chi connectivity index (χ3v) is 4.18. The molecule has 3 aromatic rings. The third-order valence-electron chi connectivity index (χ3n) is 4.18. The molecule has 0 radical (unpaired) electrons. The molecule has 0 fully saturated rings. The summed E-state index contributed by atoms with van der Waals surface area (Å²) in [5, 5.41) is 2.78. The van der Waals surface area contributed by atoms with Crippen molar-refractivity contribution in [2.24, 2.45) is 0 Å². The van der Waals surface area contributed by atoms with E-state index in [4.69, 9.17) is 4.74 Å². The van der Waals surface area contributed by atoms with Crippen molar-refractivity contribution in [3.8, 4) is 5.75 Å². The molecule has 3 rings (SSSR count). The SMILES string of the molecule is COc1ccc(/C=C/C(=O)c2cccc(NC(=O)C=Cc3ccccc3)c2)cc1. The summed E-state index contributed by atoms with van der Waals surface area (Å²) in [5.41, 5.74) is 2.90. The largest absolute Gasteiger partial charge is 0.497 e. The number of carbonyl (C=O) groups excluding carboxylic acids is 2. The van der Waals surface area contributed by atoms with Crippen LogP contribution in [0.1, 0.15) is 21.5 Å². The van der Waals surface area contributed by atoms with Crippen molar-refractivity contribution in [2.75, 3.05) is 12.4 Å². The summed E-state index contributed by atoms with van der Waals surface area (Å²) in [6.45, 7) is 0. The van der Waals surface area contributed by atoms with Crippen molar-refractivity contribution in [1.82, 2.24) is 0 Å². The van der Waals surface area contributed by atoms with Crippen molar-refractivity contribution in [3.05, 3.63) is 108 Å². The maximum absolute atomic E-state index is 12.5. The van der Waals surface area contributed by atoms with Crippen LogP contribution in [0.4, 0.5) is 5.69 Å². The maximum atomic E-state index is 12.5. The molecule has 0 spiro atoms. The van der Waals surface area contributed by atoms with Crippen LogP contribution < -0.4 is 10.1 Å². The van der Waals surface area contributed by atoms with E-state index in [9.17, 15) is 9.59 Å². The minimum atomic E-state index is -0.257. The molecule has 3 aromatic carbocycles. The van der Waals surface area contributed by atoms with Gasteiger partial charge < -0.3 is 10.1 Å². The second-order valence-electron chi connectivity index (χ2n) is 6.28. The number of rotatable bonds is 7. The van der Waals surface area contributed by atoms with Crippen molar-refractivity contribution >= 4 is 29.5 Å². The molecule has 0 aromatic heterocycles. The molecule has 4 heteroatoms. The zero-order chi connectivity index (χ0) is 20.5. The first-order valence-electron chi connectivity index (χ1n) is 9.15. The van der Waals surface area contributed by atoms with Crippen molar-refractivity contribution in [1.29, 1.82) is 0 Å². The van der Waals surface area contributed by atoms with Gasteiger partial charge in [-0.15, -0.1) is 0 Å². The quantitative estimate of drug-likeness (QED) is 0.448. The Hall–Kier alpha value is -3.92. The number of hydrogen-bond acceptors (Lipinski definition) is 3. The van der Waals surface area contributed by atoms with Crippen LogP contribution in [-0.2, 0) is 4.79 Å². The third kappa shape index (κ3) is 6.04. The lowest BCUT2D eigenvalue weighted by atomic mass is 10.1. The molecule has 0 saturated carbocycles. The normalized spacial score (nSPS) is 10.9. The van der Waals surface area contributed by atoms with Crippen LogP contribution >= 0.6 is 0 Å². The molecule has 0 saturated heterocycles. The van der Waals surface area contributed by atoms with Crippen molar-refractivity contribution < 1.29 is 14.3 Å². The number of nitrogens with one attached hydrogen (secondary N) is 1. The molecule has 0 atom stereocenters. The summed E-state index contributed by atoms with van der Waals surface area (Å²) in [4.78, 5) is 24.6. The number of amides is 1. The Morgan fingerprint density at radius 3 is 2.21 bits per heavy atom. The lowest BCUT2D eigenvalue weighted by Crippen LogP contribution is -2.08. The van der Waals surface area contributed by atoms with Crippen molar-refractivity contribution in [3.63, 3.8) is 0 Å². The van der Waals surface area contributed by atoms with Gasteiger partial charge in [-0.05, 0) is 47.5 Å². The van der Waals surface area contributed by atoms with Crippen LogP contribution in [-0.4, -0.2) is 18.8 Å². The molecule has 0 aliphatic carbocycles. The van der Waals surface area contributed by atoms with Gasteiger partial charge in [0.2, 0.25) is 5.91 Å². The van der Waals surface area contributed by atoms with Crippen LogP contribution in [0.15, 0.2) is 91.0 Å². The Morgan fingerprint density at radius 1 is 0.793 bits per heavy atom. The fraction of sp³-hybridized carbons (Fsp3) is 0.0400. The van der Waals surface area contributed by atoms with Gasteiger partial charge in [0.05, 0.1) is 7.11 Å². The van der Waals surface area contributed by atoms with Gasteiger partial charge >= 0.3 is 0 Å². The highest BCUT2D eigenvalue weighted by Gasteiger charge is 2.05. The van der Waals surface area contributed by atoms with E-state index in [1.807, 2.05) is 54.6 Å². The number of anilines is 1. The van der Waals surface area contributed by atoms with Crippen LogP contribution in [0.25, 0.3) is 12.2 Å². The van der Waals surface area contributed by atoms with Gasteiger partial charge in [0.15, 0.2) is 5.78 Å². The van der Waals surface area contributed by atoms with Gasteiger partial charge in [0, 0.05) is 17.3 Å². The Balaban J connectivity index is 1.63. The van der Waals surface area contributed by atoms with Gasteiger partial charge in [0.25, 0.3) is 0 Å². The molecule has 0 unspecified atom stereocenters. The van der Waals surface area contributed by atoms with Gasteiger partial charge in [-0.25, -0.2) is 0 Å². The number of methoxy groups -OCH3 is 1. The molecular weight excluding hydrogens is 362 g/mol. The first-order chi connectivity index (χ1) is 14.1. The molecule has 144 valence electrons. The van der Waals surface area contributed by atoms with Crippen LogP contribution in [0.2, 0.25) is 0 Å². The van der Waals surface area contributed by atoms with Crippen molar-refractivity contribution in [2.45, 2.75) is 0 Å². The van der Waals surface area contributed by atoms with E-state index in [2.05, 4.69) is 5.32 Å². The summed E-state index contributed by atoms with van der Waals surface area (Å²) < 4.78 is 5.12. The number of hydrogen-bond donors (Lipinski definition) is 1. The Kier molecular flexibility index (Phi) is 6.74. The predicted octanol–water partition coefficient (Wildman–Crippen LogP) is 5.24. The Bertz CT molecular complexity index is 1040. The number of benzene rings is 3. The van der Waals surface area contributed by atoms with Gasteiger partial charge in [-0.2, -0.15) is 0 Å². The highest BCUT2D eigenvalue weighted by Crippen LogP contribution is 2.15. The first-order valence-corrected chi connectivity index (χ1v) is 9.15. The maximum Gasteiger partial charge on any atom is 0.248 e. The number of allylic oxidation sites excluding steroid dienone is 1. The van der Waals surface area contributed by atoms with E-state index >= 15 is 0 Å². The van der Waals surface area contributed by atoms with Gasteiger partial charge in [-0.1, -0.05) is 60.7 Å². The minimum Gasteiger partial charge on any atom is -0.497 e. The predicted molar refractivity (Wildman–Crippen MR) is 117 cm³/mol. The van der Waals surface area contributed by atoms with E-state index in [1.54, 1.807) is 43.5 Å². The van der Waals surface area contributed by atoms with E-state index in [-0.39, 0.29) is 11.7 Å². The van der Waals surface area contributed by atoms with Gasteiger partial charge in [-0.3, -0.25) is 9.59 Å². The second-order valence-corrected chi connectivity index (χ2v) is 6.28. The zero-order valence-electron chi connectivity index (χ0n) is 16.0. The number of ether oxygens (including phenoxy) is 1. The summed E-state index contributed by atoms with van der Waals surface area (Å²) in [6, 6.07) is 23.9. The average molecular weight is 383 g/mol. The summed E-state index contributed by atoms with van der Waals surface area (Å²) in [7, 11) is 1.61. The molecule has 0 heterocycles. The molecular formula is C25H21NO3. The lowest BCUT2D eigenvalue weighted by molar-refractivity contribution is -0.111. The Labute approximate surface area is 170 Å². The number of carbonyl (C=O) groups is 2. The molecule has 0 aliphatic rings. The summed E-state index contributed by atoms with van der Waals surface area (Å²) in [6.07, 6.45) is 6.46. The topological polar surface area (TPSA) is 55.4 Å². The highest BCUT2D eigenvalue weighted by atomic mass is 16.5. The fourth-order valence-electron chi connectivity index (χ4n) is 2.65. The highest BCUT2D eigenvalue weighted by molar-refractivity contribution is 6.08. The van der Waals surface area contributed by atoms with E-state index in [0.29, 0.717) is 11.3 Å². The zero-order valence-corrected chi connectivity index (χ0v) is 16.0. The first kappa shape index (κ1) is 19.8. The lowest BCUT2D eigenvalue weighted by Gasteiger charge is -2.04. The average Bonchev–Trinajstić information content (AvgIpc) is 2.77. The molecule has 4 nitrogen and oxygen atoms in total. The summed E-state index contributed by atoms with van der Waals surface area (Å²) in [5.74, 6) is 0.363. The Morgan fingerprint density at radius 2 is 1.48 bits per heavy atom. The minimum absolute atomic E-state index is 0.142. The van der Waals surface area contributed by atoms with E-state index in [0.717, 1.165) is 16.9 Å². The summed E-state index contributed by atoms with van der Waals surface area (Å²) >= 11 is 0. The smallest absolute Gasteiger partial charge is 0.248 e. The van der Waals surface area contributed by atoms with E-state index in [1.165, 1.54) is 12.2 Å². The van der Waals surface area contributed by atoms with E-state index < -0.39 is 0 Å². The molecule has 0 bridgehead atoms. The fourth-order valence-corrected chi connectivity index (χ4v) is 2.65. The van der Waals surface area contributed by atoms with Crippen LogP contribution in [0.3, 0.4) is 0 Å².